The van der Waals surface area contributed by atoms with Crippen LogP contribution in [0.25, 0.3) is 0 Å². The average molecular weight is 454 g/mol. The van der Waals surface area contributed by atoms with E-state index in [2.05, 4.69) is 14.3 Å². The number of sulfonamides is 2. The fourth-order valence-corrected chi connectivity index (χ4v) is 4.47. The Hall–Kier alpha value is -2.30. The van der Waals surface area contributed by atoms with Gasteiger partial charge in [0.05, 0.1) is 12.5 Å². The second-order valence-electron chi connectivity index (χ2n) is 7.55. The second-order valence-corrected chi connectivity index (χ2v) is 11.0. The van der Waals surface area contributed by atoms with Crippen LogP contribution in [0.4, 0.5) is 11.4 Å². The predicted octanol–water partition coefficient (Wildman–Crippen LogP) is 2.13. The molecule has 0 aliphatic carbocycles. The zero-order valence-electron chi connectivity index (χ0n) is 17.0. The molecule has 0 radical (unpaired) electrons. The summed E-state index contributed by atoms with van der Waals surface area (Å²) in [7, 11) is -6.55. The van der Waals surface area contributed by atoms with Crippen LogP contribution >= 0.6 is 0 Å². The monoisotopic (exact) mass is 453 g/mol. The number of likely N-dealkylation sites (tertiary alicyclic amines) is 1. The molecule has 0 aromatic heterocycles. The Labute approximate surface area is 178 Å². The summed E-state index contributed by atoms with van der Waals surface area (Å²) in [6.45, 7) is 2.68. The molecular formula is C20H27N3O5S2. The van der Waals surface area contributed by atoms with Gasteiger partial charge in [-0.2, -0.15) is 0 Å². The SMILES string of the molecule is CS(=O)(=O)Nc1ccc(CCN2CCC(Oc3ccc(NS(C)(=O)=O)cc3)C2)cc1. The number of nitrogens with one attached hydrogen (secondary N) is 2. The van der Waals surface area contributed by atoms with Crippen molar-refractivity contribution in [1.82, 2.24) is 4.90 Å². The van der Waals surface area contributed by atoms with Crippen LogP contribution in [0.2, 0.25) is 0 Å². The van der Waals surface area contributed by atoms with Crippen LogP contribution in [0.3, 0.4) is 0 Å². The fraction of sp³-hybridized carbons (Fsp3) is 0.400. The van der Waals surface area contributed by atoms with Gasteiger partial charge < -0.3 is 4.74 Å². The molecule has 0 bridgehead atoms. The molecule has 1 heterocycles. The lowest BCUT2D eigenvalue weighted by Crippen LogP contribution is -2.26. The molecule has 0 amide bonds. The molecule has 1 aliphatic rings. The van der Waals surface area contributed by atoms with E-state index in [0.717, 1.165) is 56.3 Å². The Morgan fingerprint density at radius 2 is 1.43 bits per heavy atom. The molecule has 2 N–H and O–H groups in total. The Morgan fingerprint density at radius 1 is 0.900 bits per heavy atom. The third-order valence-corrected chi connectivity index (χ3v) is 5.88. The number of benzene rings is 2. The molecule has 1 aliphatic heterocycles. The maximum absolute atomic E-state index is 11.3. The summed E-state index contributed by atoms with van der Waals surface area (Å²) in [4.78, 5) is 2.34. The predicted molar refractivity (Wildman–Crippen MR) is 119 cm³/mol. The lowest BCUT2D eigenvalue weighted by molar-refractivity contribution is 0.201. The molecule has 1 fully saturated rings. The molecule has 0 spiro atoms. The number of rotatable bonds is 9. The van der Waals surface area contributed by atoms with Gasteiger partial charge in [0.15, 0.2) is 0 Å². The second kappa shape index (κ2) is 9.23. The molecule has 1 saturated heterocycles. The minimum absolute atomic E-state index is 0.0973. The van der Waals surface area contributed by atoms with Gasteiger partial charge in [-0.1, -0.05) is 12.1 Å². The molecule has 0 saturated carbocycles. The minimum Gasteiger partial charge on any atom is -0.489 e. The van der Waals surface area contributed by atoms with E-state index in [4.69, 9.17) is 4.74 Å². The number of ether oxygens (including phenoxy) is 1. The summed E-state index contributed by atoms with van der Waals surface area (Å²) in [6.07, 6.45) is 4.15. The van der Waals surface area contributed by atoms with Gasteiger partial charge in [0.2, 0.25) is 20.0 Å². The maximum atomic E-state index is 11.3. The first-order valence-corrected chi connectivity index (χ1v) is 13.4. The fourth-order valence-electron chi connectivity index (χ4n) is 3.35. The third-order valence-electron chi connectivity index (χ3n) is 4.66. The van der Waals surface area contributed by atoms with Crippen LogP contribution in [0, 0.1) is 0 Å². The van der Waals surface area contributed by atoms with Gasteiger partial charge in [0, 0.05) is 31.0 Å². The smallest absolute Gasteiger partial charge is 0.229 e. The number of hydrogen-bond donors (Lipinski definition) is 2. The highest BCUT2D eigenvalue weighted by Gasteiger charge is 2.23. The highest BCUT2D eigenvalue weighted by molar-refractivity contribution is 7.92. The summed E-state index contributed by atoms with van der Waals surface area (Å²) >= 11 is 0. The van der Waals surface area contributed by atoms with Gasteiger partial charge in [-0.3, -0.25) is 14.3 Å². The van der Waals surface area contributed by atoms with Gasteiger partial charge in [-0.25, -0.2) is 16.8 Å². The van der Waals surface area contributed by atoms with Gasteiger partial charge in [-0.15, -0.1) is 0 Å². The zero-order chi connectivity index (χ0) is 21.8. The van der Waals surface area contributed by atoms with Crippen molar-refractivity contribution < 1.29 is 21.6 Å². The van der Waals surface area contributed by atoms with Gasteiger partial charge >= 0.3 is 0 Å². The molecule has 3 rings (SSSR count). The van der Waals surface area contributed by atoms with Crippen LogP contribution in [-0.2, 0) is 26.5 Å². The molecule has 164 valence electrons. The van der Waals surface area contributed by atoms with Crippen LogP contribution in [-0.4, -0.2) is 60.0 Å². The number of anilines is 2. The molecule has 30 heavy (non-hydrogen) atoms. The van der Waals surface area contributed by atoms with Crippen molar-refractivity contribution in [2.75, 3.05) is 41.6 Å². The van der Waals surface area contributed by atoms with E-state index in [0.29, 0.717) is 11.4 Å². The Balaban J connectivity index is 1.44. The first-order valence-electron chi connectivity index (χ1n) is 9.59. The Morgan fingerprint density at radius 3 is 1.97 bits per heavy atom. The summed E-state index contributed by atoms with van der Waals surface area (Å²) in [5.41, 5.74) is 2.22. The molecular weight excluding hydrogens is 426 g/mol. The van der Waals surface area contributed by atoms with Crippen molar-refractivity contribution in [2.45, 2.75) is 18.9 Å². The summed E-state index contributed by atoms with van der Waals surface area (Å²) in [5, 5.41) is 0. The molecule has 2 aromatic carbocycles. The van der Waals surface area contributed by atoms with E-state index >= 15 is 0 Å². The van der Waals surface area contributed by atoms with Crippen molar-refractivity contribution in [3.63, 3.8) is 0 Å². The van der Waals surface area contributed by atoms with E-state index in [1.165, 1.54) is 0 Å². The highest BCUT2D eigenvalue weighted by atomic mass is 32.2. The van der Waals surface area contributed by atoms with Crippen molar-refractivity contribution >= 4 is 31.4 Å². The standard InChI is InChI=1S/C20H27N3O5S2/c1-29(24,25)21-17-5-3-16(4-6-17)11-13-23-14-12-20(15-23)28-19-9-7-18(8-10-19)22-30(2,26)27/h3-10,20-22H,11-15H2,1-2H3. The van der Waals surface area contributed by atoms with E-state index in [-0.39, 0.29) is 6.10 Å². The Bertz CT molecular complexity index is 1050. The van der Waals surface area contributed by atoms with Crippen molar-refractivity contribution in [1.29, 1.82) is 0 Å². The maximum Gasteiger partial charge on any atom is 0.229 e. The topological polar surface area (TPSA) is 105 Å². The molecule has 1 unspecified atom stereocenters. The normalized spacial score (nSPS) is 17.6. The lowest BCUT2D eigenvalue weighted by atomic mass is 10.1. The first kappa shape index (κ1) is 22.4. The van der Waals surface area contributed by atoms with Crippen LogP contribution in [0.1, 0.15) is 12.0 Å². The van der Waals surface area contributed by atoms with Crippen LogP contribution in [0.5, 0.6) is 5.75 Å². The van der Waals surface area contributed by atoms with Crippen molar-refractivity contribution in [3.05, 3.63) is 54.1 Å². The van der Waals surface area contributed by atoms with Crippen LogP contribution in [0.15, 0.2) is 48.5 Å². The quantitative estimate of drug-likeness (QED) is 0.603. The van der Waals surface area contributed by atoms with Gasteiger partial charge in [-0.05, 0) is 54.8 Å². The lowest BCUT2D eigenvalue weighted by Gasteiger charge is -2.17. The molecule has 8 nitrogen and oxygen atoms in total. The van der Waals surface area contributed by atoms with Crippen LogP contribution < -0.4 is 14.2 Å². The van der Waals surface area contributed by atoms with E-state index in [9.17, 15) is 16.8 Å². The highest BCUT2D eigenvalue weighted by Crippen LogP contribution is 2.21. The first-order chi connectivity index (χ1) is 14.1. The third kappa shape index (κ3) is 7.51. The summed E-state index contributed by atoms with van der Waals surface area (Å²) < 4.78 is 56.0. The van der Waals surface area contributed by atoms with E-state index in [1.807, 2.05) is 12.1 Å². The number of hydrogen-bond acceptors (Lipinski definition) is 6. The molecule has 1 atom stereocenters. The summed E-state index contributed by atoms with van der Waals surface area (Å²) in [5.74, 6) is 0.717. The minimum atomic E-state index is -3.29. The molecule has 2 aromatic rings. The Kier molecular flexibility index (Phi) is 6.89. The van der Waals surface area contributed by atoms with E-state index < -0.39 is 20.0 Å². The molecule has 10 heteroatoms. The van der Waals surface area contributed by atoms with Crippen molar-refractivity contribution in [2.24, 2.45) is 0 Å². The average Bonchev–Trinajstić information content (AvgIpc) is 3.08. The summed E-state index contributed by atoms with van der Waals surface area (Å²) in [6, 6.07) is 14.3. The van der Waals surface area contributed by atoms with E-state index in [1.54, 1.807) is 36.4 Å². The number of nitrogens with zero attached hydrogens (tertiary/aromatic N) is 1. The van der Waals surface area contributed by atoms with Crippen molar-refractivity contribution in [3.8, 4) is 5.75 Å². The largest absolute Gasteiger partial charge is 0.489 e. The van der Waals surface area contributed by atoms with Gasteiger partial charge in [0.25, 0.3) is 0 Å². The van der Waals surface area contributed by atoms with Gasteiger partial charge in [0.1, 0.15) is 11.9 Å². The zero-order valence-corrected chi connectivity index (χ0v) is 18.7.